The van der Waals surface area contributed by atoms with Gasteiger partial charge in [-0.1, -0.05) is 65.1 Å². The molecule has 2 N–H and O–H groups in total. The Morgan fingerprint density at radius 2 is 1.81 bits per heavy atom. The molecule has 0 bridgehead atoms. The zero-order chi connectivity index (χ0) is 22.8. The third-order valence-electron chi connectivity index (χ3n) is 4.57. The van der Waals surface area contributed by atoms with E-state index in [-0.39, 0.29) is 6.61 Å². The zero-order valence-corrected chi connectivity index (χ0v) is 18.8. The number of nitrogens with one attached hydrogen (secondary N) is 2. The molecule has 170 valence electrons. The molecule has 6 atom stereocenters. The Bertz CT molecular complexity index is 820. The third-order valence-corrected chi connectivity index (χ3v) is 5.09. The van der Waals surface area contributed by atoms with Gasteiger partial charge >= 0.3 is 5.97 Å². The van der Waals surface area contributed by atoms with Crippen LogP contribution >= 0.6 is 34.8 Å². The predicted octanol–water partition coefficient (Wildman–Crippen LogP) is 2.63. The van der Waals surface area contributed by atoms with Crippen LogP contribution in [0.1, 0.15) is 25.7 Å². The molecule has 1 aromatic rings. The van der Waals surface area contributed by atoms with Crippen LogP contribution in [0.25, 0.3) is 0 Å². The summed E-state index contributed by atoms with van der Waals surface area (Å²) in [6.07, 6.45) is -4.62. The number of ether oxygens (including phenoxy) is 5. The number of hydrogen-bond acceptors (Lipinski definition) is 8. The number of halogens is 3. The van der Waals surface area contributed by atoms with Gasteiger partial charge in [-0.15, -0.1) is 0 Å². The van der Waals surface area contributed by atoms with Crippen LogP contribution in [-0.4, -0.2) is 58.8 Å². The van der Waals surface area contributed by atoms with Crippen LogP contribution in [0.3, 0.4) is 0 Å². The summed E-state index contributed by atoms with van der Waals surface area (Å²) in [5.41, 5.74) is 0.759. The number of carbonyl (C=O) groups is 2. The van der Waals surface area contributed by atoms with Crippen molar-refractivity contribution in [3.8, 4) is 0 Å². The van der Waals surface area contributed by atoms with Crippen molar-refractivity contribution in [2.75, 3.05) is 6.61 Å². The molecule has 0 aromatic heterocycles. The van der Waals surface area contributed by atoms with Crippen molar-refractivity contribution in [1.82, 2.24) is 5.32 Å². The van der Waals surface area contributed by atoms with Gasteiger partial charge in [-0.3, -0.25) is 15.0 Å². The van der Waals surface area contributed by atoms with Crippen LogP contribution in [0.5, 0.6) is 0 Å². The Labute approximate surface area is 193 Å². The third kappa shape index (κ3) is 6.00. The van der Waals surface area contributed by atoms with E-state index in [0.29, 0.717) is 0 Å². The maximum Gasteiger partial charge on any atom is 0.303 e. The first-order valence-electron chi connectivity index (χ1n) is 9.30. The predicted molar refractivity (Wildman–Crippen MR) is 111 cm³/mol. The summed E-state index contributed by atoms with van der Waals surface area (Å²) >= 11 is 17.1. The van der Waals surface area contributed by atoms with Gasteiger partial charge in [0.05, 0.1) is 6.61 Å². The van der Waals surface area contributed by atoms with E-state index >= 15 is 0 Å². The number of alkyl halides is 3. The van der Waals surface area contributed by atoms with E-state index in [4.69, 9.17) is 63.9 Å². The minimum absolute atomic E-state index is 0.0652. The fourth-order valence-electron chi connectivity index (χ4n) is 3.35. The van der Waals surface area contributed by atoms with E-state index in [1.165, 1.54) is 13.8 Å². The molecule has 1 aromatic carbocycles. The highest BCUT2D eigenvalue weighted by atomic mass is 35.6. The Morgan fingerprint density at radius 3 is 2.39 bits per heavy atom. The van der Waals surface area contributed by atoms with E-state index in [2.05, 4.69) is 5.32 Å². The number of hydrogen-bond donors (Lipinski definition) is 2. The van der Waals surface area contributed by atoms with Crippen LogP contribution in [0.15, 0.2) is 30.3 Å². The second-order valence-corrected chi connectivity index (χ2v) is 9.25. The van der Waals surface area contributed by atoms with E-state index < -0.39 is 58.5 Å². The highest BCUT2D eigenvalue weighted by molar-refractivity contribution is 6.76. The van der Waals surface area contributed by atoms with Crippen molar-refractivity contribution in [2.24, 2.45) is 0 Å². The van der Waals surface area contributed by atoms with E-state index in [1.807, 2.05) is 30.3 Å². The standard InChI is InChI=1S/C19H21Cl3N2O7/c1-9(25)24-13-15(28-10(2)26)14-12(29-17(13)31-18(23)19(20,21)22)8-27-16(30-14)11-6-4-3-5-7-11/h3-7,12-17,23H,8H2,1-2H3,(H,24,25)/t12?,13-,14-,15+,16?,17+/m0/s1. The van der Waals surface area contributed by atoms with Crippen LogP contribution in [-0.2, 0) is 33.3 Å². The summed E-state index contributed by atoms with van der Waals surface area (Å²) < 4.78 is 26.4. The number of carbonyl (C=O) groups excluding carboxylic acids is 2. The number of amides is 1. The van der Waals surface area contributed by atoms with Gasteiger partial charge in [-0.25, -0.2) is 0 Å². The molecule has 0 spiro atoms. The van der Waals surface area contributed by atoms with Gasteiger partial charge in [0, 0.05) is 19.4 Å². The fraction of sp³-hybridized carbons (Fsp3) is 0.526. The smallest absolute Gasteiger partial charge is 0.303 e. The minimum atomic E-state index is -2.16. The lowest BCUT2D eigenvalue weighted by atomic mass is 9.95. The Balaban J connectivity index is 1.89. The summed E-state index contributed by atoms with van der Waals surface area (Å²) in [7, 11) is 0. The maximum atomic E-state index is 11.9. The van der Waals surface area contributed by atoms with Crippen molar-refractivity contribution in [1.29, 1.82) is 5.41 Å². The Kier molecular flexibility index (Phi) is 7.67. The molecule has 2 saturated heterocycles. The summed E-state index contributed by atoms with van der Waals surface area (Å²) in [5, 5.41) is 10.5. The van der Waals surface area contributed by atoms with Gasteiger partial charge in [0.25, 0.3) is 3.79 Å². The molecular formula is C19H21Cl3N2O7. The molecule has 2 aliphatic rings. The molecule has 2 aliphatic heterocycles. The Morgan fingerprint density at radius 1 is 1.13 bits per heavy atom. The molecule has 0 radical (unpaired) electrons. The lowest BCUT2D eigenvalue weighted by Gasteiger charge is -2.48. The van der Waals surface area contributed by atoms with E-state index in [9.17, 15) is 9.59 Å². The molecule has 0 saturated carbocycles. The van der Waals surface area contributed by atoms with Gasteiger partial charge < -0.3 is 29.0 Å². The second kappa shape index (κ2) is 9.89. The average Bonchev–Trinajstić information content (AvgIpc) is 2.69. The van der Waals surface area contributed by atoms with Crippen LogP contribution in [0.2, 0.25) is 0 Å². The molecule has 12 heteroatoms. The van der Waals surface area contributed by atoms with Crippen LogP contribution < -0.4 is 5.32 Å². The summed E-state index contributed by atoms with van der Waals surface area (Å²) in [4.78, 5) is 23.7. The quantitative estimate of drug-likeness (QED) is 0.285. The number of fused-ring (bicyclic) bond motifs is 1. The highest BCUT2D eigenvalue weighted by Gasteiger charge is 2.54. The number of rotatable bonds is 4. The molecule has 9 nitrogen and oxygen atoms in total. The summed E-state index contributed by atoms with van der Waals surface area (Å²) in [6, 6.07) is 8.13. The zero-order valence-electron chi connectivity index (χ0n) is 16.5. The first-order valence-corrected chi connectivity index (χ1v) is 10.4. The molecule has 2 heterocycles. The maximum absolute atomic E-state index is 11.9. The van der Waals surface area contributed by atoms with Crippen molar-refractivity contribution in [3.63, 3.8) is 0 Å². The first-order chi connectivity index (χ1) is 14.6. The minimum Gasteiger partial charge on any atom is -0.457 e. The summed E-state index contributed by atoms with van der Waals surface area (Å²) in [5.74, 6) is -1.79. The van der Waals surface area contributed by atoms with E-state index in [0.717, 1.165) is 5.56 Å². The van der Waals surface area contributed by atoms with Crippen LogP contribution in [0, 0.1) is 5.41 Å². The van der Waals surface area contributed by atoms with Gasteiger partial charge in [-0.2, -0.15) is 0 Å². The van der Waals surface area contributed by atoms with E-state index in [1.54, 1.807) is 0 Å². The first kappa shape index (κ1) is 24.0. The lowest BCUT2D eigenvalue weighted by molar-refractivity contribution is -0.336. The van der Waals surface area contributed by atoms with Crippen LogP contribution in [0.4, 0.5) is 0 Å². The van der Waals surface area contributed by atoms with Crippen molar-refractivity contribution >= 4 is 52.6 Å². The topological polar surface area (TPSA) is 116 Å². The average molecular weight is 496 g/mol. The van der Waals surface area contributed by atoms with Crippen molar-refractivity contribution in [2.45, 2.75) is 54.6 Å². The second-order valence-electron chi connectivity index (χ2n) is 6.96. The Hall–Kier alpha value is -1.62. The molecule has 31 heavy (non-hydrogen) atoms. The molecule has 3 rings (SSSR count). The fourth-order valence-corrected chi connectivity index (χ4v) is 3.49. The monoisotopic (exact) mass is 494 g/mol. The highest BCUT2D eigenvalue weighted by Crippen LogP contribution is 2.37. The lowest BCUT2D eigenvalue weighted by Crippen LogP contribution is -2.68. The molecule has 2 fully saturated rings. The molecule has 0 aliphatic carbocycles. The summed E-state index contributed by atoms with van der Waals surface area (Å²) in [6.45, 7) is 2.56. The van der Waals surface area contributed by atoms with Gasteiger partial charge in [0.2, 0.25) is 18.1 Å². The van der Waals surface area contributed by atoms with Gasteiger partial charge in [-0.05, 0) is 0 Å². The van der Waals surface area contributed by atoms with Gasteiger partial charge in [0.1, 0.15) is 18.2 Å². The van der Waals surface area contributed by atoms with Crippen molar-refractivity contribution in [3.05, 3.63) is 35.9 Å². The molecule has 1 amide bonds. The molecule has 2 unspecified atom stereocenters. The normalized spacial score (nSPS) is 30.6. The van der Waals surface area contributed by atoms with Gasteiger partial charge in [0.15, 0.2) is 12.4 Å². The largest absolute Gasteiger partial charge is 0.457 e. The molecular weight excluding hydrogens is 475 g/mol. The number of benzene rings is 1. The number of esters is 1. The SMILES string of the molecule is CC(=O)N[C@@H]1[C@@H](OC(=N)C(Cl)(Cl)Cl)OC2COC(c3ccccc3)O[C@@H]2[C@@H]1OC(C)=O. The van der Waals surface area contributed by atoms with Crippen molar-refractivity contribution < 1.29 is 33.3 Å².